The smallest absolute Gasteiger partial charge is 0.344 e. The van der Waals surface area contributed by atoms with Crippen LogP contribution in [0.25, 0.3) is 0 Å². The van der Waals surface area contributed by atoms with Gasteiger partial charge in [0, 0.05) is 11.4 Å². The zero-order valence-corrected chi connectivity index (χ0v) is 9.38. The van der Waals surface area contributed by atoms with Gasteiger partial charge in [-0.15, -0.1) is 11.3 Å². The molecule has 0 aliphatic heterocycles. The Morgan fingerprint density at radius 3 is 2.56 bits per heavy atom. The molecule has 0 radical (unpaired) electrons. The summed E-state index contributed by atoms with van der Waals surface area (Å²) in [5, 5.41) is 1.56. The van der Waals surface area contributed by atoms with Crippen molar-refractivity contribution in [3.8, 4) is 5.06 Å². The second-order valence-corrected chi connectivity index (χ2v) is 4.21. The average molecular weight is 236 g/mol. The molecule has 0 unspecified atom stereocenters. The van der Waals surface area contributed by atoms with Crippen molar-refractivity contribution in [2.45, 2.75) is 6.92 Å². The predicted octanol–water partition coefficient (Wildman–Crippen LogP) is 3.41. The molecule has 0 N–H and O–H groups in total. The first kappa shape index (κ1) is 10.8. The zero-order chi connectivity index (χ0) is 11.5. The topological polar surface area (TPSA) is 26.3 Å². The summed E-state index contributed by atoms with van der Waals surface area (Å²) >= 11 is 1.06. The number of benzene rings is 1. The Morgan fingerprint density at radius 1 is 1.31 bits per heavy atom. The molecule has 0 bridgehead atoms. The van der Waals surface area contributed by atoms with Crippen LogP contribution in [0.15, 0.2) is 35.7 Å². The number of rotatable bonds is 2. The van der Waals surface area contributed by atoms with Crippen LogP contribution in [0.3, 0.4) is 0 Å². The number of esters is 1. The fourth-order valence-electron chi connectivity index (χ4n) is 1.19. The highest BCUT2D eigenvalue weighted by molar-refractivity contribution is 7.11. The second-order valence-electron chi connectivity index (χ2n) is 3.34. The average Bonchev–Trinajstić information content (AvgIpc) is 2.65. The molecule has 1 aromatic heterocycles. The third-order valence-corrected chi connectivity index (χ3v) is 2.80. The van der Waals surface area contributed by atoms with Crippen molar-refractivity contribution in [1.29, 1.82) is 0 Å². The molecule has 0 saturated heterocycles. The Kier molecular flexibility index (Phi) is 3.01. The van der Waals surface area contributed by atoms with Crippen molar-refractivity contribution in [2.75, 3.05) is 0 Å². The van der Waals surface area contributed by atoms with Crippen molar-refractivity contribution in [3.05, 3.63) is 52.7 Å². The van der Waals surface area contributed by atoms with Gasteiger partial charge in [-0.2, -0.15) is 0 Å². The lowest BCUT2D eigenvalue weighted by Crippen LogP contribution is -2.07. The molecule has 1 heterocycles. The van der Waals surface area contributed by atoms with Gasteiger partial charge in [0.25, 0.3) is 0 Å². The summed E-state index contributed by atoms with van der Waals surface area (Å²) in [6, 6.07) is 8.21. The monoisotopic (exact) mass is 236 g/mol. The summed E-state index contributed by atoms with van der Waals surface area (Å²) in [5.74, 6) is -0.862. The number of aryl methyl sites for hydroxylation is 1. The maximum absolute atomic E-state index is 12.7. The van der Waals surface area contributed by atoms with Crippen LogP contribution in [0, 0.1) is 12.7 Å². The van der Waals surface area contributed by atoms with Gasteiger partial charge in [-0.25, -0.2) is 9.18 Å². The van der Waals surface area contributed by atoms with Gasteiger partial charge in [0.1, 0.15) is 5.82 Å². The molecule has 0 aliphatic carbocycles. The minimum absolute atomic E-state index is 0.267. The first-order valence-corrected chi connectivity index (χ1v) is 5.56. The van der Waals surface area contributed by atoms with E-state index in [2.05, 4.69) is 0 Å². The molecule has 0 amide bonds. The standard InChI is InChI=1S/C12H9FO2S/c1-8-2-4-9(5-3-8)12(14)15-11-6-10(13)7-16-11/h2-7H,1H3. The van der Waals surface area contributed by atoms with Crippen molar-refractivity contribution < 1.29 is 13.9 Å². The fourth-order valence-corrected chi connectivity index (χ4v) is 1.79. The van der Waals surface area contributed by atoms with Gasteiger partial charge < -0.3 is 4.74 Å². The van der Waals surface area contributed by atoms with E-state index >= 15 is 0 Å². The number of carbonyl (C=O) groups excluding carboxylic acids is 1. The summed E-state index contributed by atoms with van der Waals surface area (Å²) in [6.45, 7) is 1.93. The van der Waals surface area contributed by atoms with Crippen LogP contribution >= 0.6 is 11.3 Å². The molecule has 1 aromatic carbocycles. The lowest BCUT2D eigenvalue weighted by atomic mass is 10.1. The van der Waals surface area contributed by atoms with E-state index in [4.69, 9.17) is 4.74 Å². The maximum atomic E-state index is 12.7. The molecule has 0 fully saturated rings. The molecule has 0 aliphatic rings. The third-order valence-electron chi connectivity index (χ3n) is 2.02. The highest BCUT2D eigenvalue weighted by Crippen LogP contribution is 2.22. The van der Waals surface area contributed by atoms with Gasteiger partial charge in [0.15, 0.2) is 5.06 Å². The minimum atomic E-state index is -0.471. The van der Waals surface area contributed by atoms with Gasteiger partial charge in [-0.3, -0.25) is 0 Å². The van der Waals surface area contributed by atoms with Gasteiger partial charge in [0.2, 0.25) is 0 Å². The van der Waals surface area contributed by atoms with E-state index in [0.717, 1.165) is 16.9 Å². The number of hydrogen-bond donors (Lipinski definition) is 0. The molecule has 0 atom stereocenters. The maximum Gasteiger partial charge on any atom is 0.344 e. The summed E-state index contributed by atoms with van der Waals surface area (Å²) in [7, 11) is 0. The van der Waals surface area contributed by atoms with Crippen LogP contribution in [-0.2, 0) is 0 Å². The predicted molar refractivity (Wildman–Crippen MR) is 60.4 cm³/mol. The lowest BCUT2D eigenvalue weighted by Gasteiger charge is -2.01. The zero-order valence-electron chi connectivity index (χ0n) is 8.57. The highest BCUT2D eigenvalue weighted by Gasteiger charge is 2.09. The van der Waals surface area contributed by atoms with E-state index in [1.165, 1.54) is 11.4 Å². The molecule has 0 spiro atoms. The van der Waals surface area contributed by atoms with E-state index in [1.807, 2.05) is 19.1 Å². The Morgan fingerprint density at radius 2 is 2.00 bits per heavy atom. The summed E-state index contributed by atoms with van der Waals surface area (Å²) in [5.41, 5.74) is 1.53. The number of halogens is 1. The van der Waals surface area contributed by atoms with E-state index in [1.54, 1.807) is 12.1 Å². The van der Waals surface area contributed by atoms with Crippen LogP contribution in [-0.4, -0.2) is 5.97 Å². The first-order valence-electron chi connectivity index (χ1n) is 4.68. The quantitative estimate of drug-likeness (QED) is 0.747. The van der Waals surface area contributed by atoms with Crippen molar-refractivity contribution >= 4 is 17.3 Å². The highest BCUT2D eigenvalue weighted by atomic mass is 32.1. The molecule has 2 nitrogen and oxygen atoms in total. The molecular weight excluding hydrogens is 227 g/mol. The first-order chi connectivity index (χ1) is 7.65. The molecule has 82 valence electrons. The Bertz CT molecular complexity index is 502. The van der Waals surface area contributed by atoms with Gasteiger partial charge >= 0.3 is 5.97 Å². The molecule has 4 heteroatoms. The van der Waals surface area contributed by atoms with E-state index < -0.39 is 11.8 Å². The van der Waals surface area contributed by atoms with Crippen LogP contribution in [0.2, 0.25) is 0 Å². The third kappa shape index (κ3) is 2.46. The van der Waals surface area contributed by atoms with Crippen LogP contribution in [0.4, 0.5) is 4.39 Å². The SMILES string of the molecule is Cc1ccc(C(=O)Oc2cc(F)cs2)cc1. The van der Waals surface area contributed by atoms with Crippen molar-refractivity contribution in [3.63, 3.8) is 0 Å². The molecule has 0 saturated carbocycles. The van der Waals surface area contributed by atoms with E-state index in [9.17, 15) is 9.18 Å². The minimum Gasteiger partial charge on any atom is -0.412 e. The second kappa shape index (κ2) is 4.45. The van der Waals surface area contributed by atoms with Gasteiger partial charge in [0.05, 0.1) is 5.56 Å². The van der Waals surface area contributed by atoms with Gasteiger partial charge in [-0.1, -0.05) is 17.7 Å². The van der Waals surface area contributed by atoms with Gasteiger partial charge in [-0.05, 0) is 19.1 Å². The summed E-state index contributed by atoms with van der Waals surface area (Å²) < 4.78 is 17.7. The fraction of sp³-hybridized carbons (Fsp3) is 0.0833. The Hall–Kier alpha value is -1.68. The van der Waals surface area contributed by atoms with Crippen LogP contribution < -0.4 is 4.74 Å². The van der Waals surface area contributed by atoms with Crippen molar-refractivity contribution in [2.24, 2.45) is 0 Å². The number of thiophene rings is 1. The summed E-state index contributed by atoms with van der Waals surface area (Å²) in [6.07, 6.45) is 0. The lowest BCUT2D eigenvalue weighted by molar-refractivity contribution is 0.0740. The molecule has 2 rings (SSSR count). The summed E-state index contributed by atoms with van der Waals surface area (Å²) in [4.78, 5) is 11.6. The largest absolute Gasteiger partial charge is 0.412 e. The molecular formula is C12H9FO2S. The Balaban J connectivity index is 2.11. The number of hydrogen-bond acceptors (Lipinski definition) is 3. The molecule has 2 aromatic rings. The molecule has 16 heavy (non-hydrogen) atoms. The van der Waals surface area contributed by atoms with E-state index in [0.29, 0.717) is 5.56 Å². The Labute approximate surface area is 96.3 Å². The van der Waals surface area contributed by atoms with Crippen LogP contribution in [0.1, 0.15) is 15.9 Å². The normalized spacial score (nSPS) is 10.1. The number of ether oxygens (including phenoxy) is 1. The van der Waals surface area contributed by atoms with Crippen molar-refractivity contribution in [1.82, 2.24) is 0 Å². The van der Waals surface area contributed by atoms with Crippen LogP contribution in [0.5, 0.6) is 5.06 Å². The number of carbonyl (C=O) groups is 1. The van der Waals surface area contributed by atoms with E-state index in [-0.39, 0.29) is 5.06 Å².